The first-order valence-corrected chi connectivity index (χ1v) is 6.71. The second-order valence-electron chi connectivity index (χ2n) is 5.66. The average molecular weight is 233 g/mol. The van der Waals surface area contributed by atoms with Crippen LogP contribution in [0.3, 0.4) is 0 Å². The van der Waals surface area contributed by atoms with E-state index >= 15 is 0 Å². The molecule has 0 radical (unpaired) electrons. The predicted molar refractivity (Wildman–Crippen MR) is 66.5 cm³/mol. The van der Waals surface area contributed by atoms with E-state index in [9.17, 15) is 0 Å². The van der Waals surface area contributed by atoms with E-state index in [-0.39, 0.29) is 5.60 Å². The minimum atomic E-state index is -0.00740. The van der Waals surface area contributed by atoms with Crippen molar-refractivity contribution in [3.05, 3.63) is 0 Å². The Bertz CT molecular complexity index is 174. The highest BCUT2D eigenvalue weighted by Crippen LogP contribution is 2.30. The van der Waals surface area contributed by atoms with Gasteiger partial charge in [-0.05, 0) is 46.0 Å². The van der Waals surface area contributed by atoms with Crippen LogP contribution >= 0.6 is 11.6 Å². The molecule has 1 aliphatic carbocycles. The molecular formula is C13H25ClO. The van der Waals surface area contributed by atoms with E-state index in [1.54, 1.807) is 0 Å². The number of ether oxygens (including phenoxy) is 1. The van der Waals surface area contributed by atoms with Gasteiger partial charge in [-0.3, -0.25) is 0 Å². The van der Waals surface area contributed by atoms with Gasteiger partial charge in [-0.1, -0.05) is 19.3 Å². The molecular weight excluding hydrogens is 208 g/mol. The van der Waals surface area contributed by atoms with Gasteiger partial charge >= 0.3 is 0 Å². The van der Waals surface area contributed by atoms with E-state index < -0.39 is 0 Å². The Labute approximate surface area is 99.5 Å². The van der Waals surface area contributed by atoms with Gasteiger partial charge in [0.1, 0.15) is 0 Å². The molecule has 2 unspecified atom stereocenters. The molecule has 0 heterocycles. The van der Waals surface area contributed by atoms with Crippen molar-refractivity contribution in [3.63, 3.8) is 0 Å². The zero-order valence-electron chi connectivity index (χ0n) is 10.4. The van der Waals surface area contributed by atoms with E-state index in [0.717, 1.165) is 13.0 Å². The molecule has 0 aliphatic heterocycles. The zero-order valence-corrected chi connectivity index (χ0v) is 11.1. The summed E-state index contributed by atoms with van der Waals surface area (Å²) in [6.45, 7) is 7.19. The van der Waals surface area contributed by atoms with E-state index in [1.807, 2.05) is 0 Å². The molecule has 0 saturated heterocycles. The highest BCUT2D eigenvalue weighted by atomic mass is 35.5. The Morgan fingerprint density at radius 1 is 1.13 bits per heavy atom. The van der Waals surface area contributed by atoms with E-state index in [2.05, 4.69) is 20.8 Å². The first kappa shape index (κ1) is 13.3. The summed E-state index contributed by atoms with van der Waals surface area (Å²) < 4.78 is 5.76. The van der Waals surface area contributed by atoms with Crippen LogP contribution in [0.2, 0.25) is 0 Å². The molecule has 1 nitrogen and oxygen atoms in total. The predicted octanol–water partition coefficient (Wildman–Crippen LogP) is 4.38. The third-order valence-electron chi connectivity index (χ3n) is 3.09. The van der Waals surface area contributed by atoms with Crippen LogP contribution in [0.4, 0.5) is 0 Å². The number of alkyl halides is 1. The fraction of sp³-hybridized carbons (Fsp3) is 1.00. The van der Waals surface area contributed by atoms with Gasteiger partial charge in [0.2, 0.25) is 0 Å². The third kappa shape index (κ3) is 5.77. The molecule has 0 aromatic carbocycles. The molecule has 0 spiro atoms. The summed E-state index contributed by atoms with van der Waals surface area (Å²) >= 11 is 6.38. The molecule has 0 N–H and O–H groups in total. The van der Waals surface area contributed by atoms with Gasteiger partial charge in [0.05, 0.1) is 5.60 Å². The molecule has 1 aliphatic rings. The molecule has 0 bridgehead atoms. The van der Waals surface area contributed by atoms with Gasteiger partial charge in [0, 0.05) is 12.0 Å². The second kappa shape index (κ2) is 6.10. The molecule has 0 aromatic heterocycles. The highest BCUT2D eigenvalue weighted by molar-refractivity contribution is 6.20. The molecule has 1 saturated carbocycles. The standard InChI is InChI=1S/C13H25ClO/c1-13(2,3)15-10-9-11-7-5-4-6-8-12(11)14/h11-12H,4-10H2,1-3H3. The lowest BCUT2D eigenvalue weighted by Gasteiger charge is -2.23. The van der Waals surface area contributed by atoms with E-state index in [1.165, 1.54) is 32.1 Å². The lowest BCUT2D eigenvalue weighted by Crippen LogP contribution is -2.23. The lowest BCUT2D eigenvalue weighted by atomic mass is 9.96. The van der Waals surface area contributed by atoms with Gasteiger partial charge in [0.25, 0.3) is 0 Å². The second-order valence-corrected chi connectivity index (χ2v) is 6.22. The van der Waals surface area contributed by atoms with Crippen LogP contribution in [0.15, 0.2) is 0 Å². The fourth-order valence-electron chi connectivity index (χ4n) is 2.18. The minimum Gasteiger partial charge on any atom is -0.376 e. The summed E-state index contributed by atoms with van der Waals surface area (Å²) in [4.78, 5) is 0. The quantitative estimate of drug-likeness (QED) is 0.518. The third-order valence-corrected chi connectivity index (χ3v) is 3.66. The van der Waals surface area contributed by atoms with Crippen LogP contribution < -0.4 is 0 Å². The van der Waals surface area contributed by atoms with Crippen molar-refractivity contribution < 1.29 is 4.74 Å². The lowest BCUT2D eigenvalue weighted by molar-refractivity contribution is -0.00973. The van der Waals surface area contributed by atoms with Gasteiger partial charge in [-0.2, -0.15) is 0 Å². The summed E-state index contributed by atoms with van der Waals surface area (Å²) in [5, 5.41) is 0.385. The van der Waals surface area contributed by atoms with Crippen LogP contribution in [-0.2, 0) is 4.74 Å². The molecule has 90 valence electrons. The van der Waals surface area contributed by atoms with Crippen LogP contribution in [0, 0.1) is 5.92 Å². The summed E-state index contributed by atoms with van der Waals surface area (Å²) in [6, 6.07) is 0. The molecule has 1 rings (SSSR count). The maximum absolute atomic E-state index is 6.38. The normalized spacial score (nSPS) is 28.8. The van der Waals surface area contributed by atoms with Crippen molar-refractivity contribution in [1.82, 2.24) is 0 Å². The smallest absolute Gasteiger partial charge is 0.0598 e. The molecule has 2 atom stereocenters. The van der Waals surface area contributed by atoms with Crippen LogP contribution in [-0.4, -0.2) is 17.6 Å². The zero-order chi connectivity index (χ0) is 11.3. The van der Waals surface area contributed by atoms with Crippen molar-refractivity contribution in [2.45, 2.75) is 70.3 Å². The van der Waals surface area contributed by atoms with Crippen molar-refractivity contribution in [2.24, 2.45) is 5.92 Å². The number of hydrogen-bond acceptors (Lipinski definition) is 1. The summed E-state index contributed by atoms with van der Waals surface area (Å²) in [5.41, 5.74) is -0.00740. The molecule has 0 aromatic rings. The highest BCUT2D eigenvalue weighted by Gasteiger charge is 2.22. The number of halogens is 1. The Kier molecular flexibility index (Phi) is 5.42. The van der Waals surface area contributed by atoms with Crippen molar-refractivity contribution in [2.75, 3.05) is 6.61 Å². The molecule has 15 heavy (non-hydrogen) atoms. The average Bonchev–Trinajstić information content (AvgIpc) is 2.30. The number of hydrogen-bond donors (Lipinski definition) is 0. The Hall–Kier alpha value is 0.250. The Balaban J connectivity index is 2.23. The van der Waals surface area contributed by atoms with Gasteiger partial charge in [-0.25, -0.2) is 0 Å². The SMILES string of the molecule is CC(C)(C)OCCC1CCCCCC1Cl. The first-order chi connectivity index (χ1) is 6.99. The maximum Gasteiger partial charge on any atom is 0.0598 e. The molecule has 0 amide bonds. The fourth-order valence-corrected chi connectivity index (χ4v) is 2.59. The van der Waals surface area contributed by atoms with E-state index in [4.69, 9.17) is 16.3 Å². The van der Waals surface area contributed by atoms with Gasteiger partial charge in [-0.15, -0.1) is 11.6 Å². The topological polar surface area (TPSA) is 9.23 Å². The largest absolute Gasteiger partial charge is 0.376 e. The maximum atomic E-state index is 6.38. The Morgan fingerprint density at radius 2 is 1.80 bits per heavy atom. The molecule has 2 heteroatoms. The van der Waals surface area contributed by atoms with Crippen LogP contribution in [0.1, 0.15) is 59.3 Å². The summed E-state index contributed by atoms with van der Waals surface area (Å²) in [6.07, 6.45) is 7.64. The Morgan fingerprint density at radius 3 is 2.47 bits per heavy atom. The number of rotatable bonds is 3. The summed E-state index contributed by atoms with van der Waals surface area (Å²) in [7, 11) is 0. The van der Waals surface area contributed by atoms with Crippen LogP contribution in [0.5, 0.6) is 0 Å². The van der Waals surface area contributed by atoms with E-state index in [0.29, 0.717) is 11.3 Å². The van der Waals surface area contributed by atoms with Gasteiger partial charge < -0.3 is 4.74 Å². The van der Waals surface area contributed by atoms with Crippen molar-refractivity contribution in [3.8, 4) is 0 Å². The first-order valence-electron chi connectivity index (χ1n) is 6.27. The van der Waals surface area contributed by atoms with Crippen LogP contribution in [0.25, 0.3) is 0 Å². The van der Waals surface area contributed by atoms with Gasteiger partial charge in [0.15, 0.2) is 0 Å². The monoisotopic (exact) mass is 232 g/mol. The summed E-state index contributed by atoms with van der Waals surface area (Å²) in [5.74, 6) is 0.677. The van der Waals surface area contributed by atoms with Crippen molar-refractivity contribution in [1.29, 1.82) is 0 Å². The minimum absolute atomic E-state index is 0.00740. The molecule has 1 fully saturated rings. The van der Waals surface area contributed by atoms with Crippen molar-refractivity contribution >= 4 is 11.6 Å².